The Balaban J connectivity index is 1.86. The molecule has 5 nitrogen and oxygen atoms in total. The van der Waals surface area contributed by atoms with Gasteiger partial charge in [0.2, 0.25) is 5.91 Å². The number of para-hydroxylation sites is 1. The van der Waals surface area contributed by atoms with Gasteiger partial charge in [0, 0.05) is 25.6 Å². The van der Waals surface area contributed by atoms with E-state index < -0.39 is 6.10 Å². The highest BCUT2D eigenvalue weighted by molar-refractivity contribution is 5.81. The van der Waals surface area contributed by atoms with E-state index in [4.69, 9.17) is 4.74 Å². The van der Waals surface area contributed by atoms with Crippen LogP contribution in [0.4, 0.5) is 0 Å². The number of benzene rings is 1. The first-order chi connectivity index (χ1) is 11.9. The number of ether oxygens (including phenoxy) is 1. The fraction of sp³-hybridized carbons (Fsp3) is 0.600. The molecule has 2 rings (SSSR count). The van der Waals surface area contributed by atoms with Gasteiger partial charge >= 0.3 is 0 Å². The second-order valence-electron chi connectivity index (χ2n) is 6.97. The van der Waals surface area contributed by atoms with Crippen molar-refractivity contribution in [1.29, 1.82) is 0 Å². The van der Waals surface area contributed by atoms with Gasteiger partial charge in [0.05, 0.1) is 0 Å². The van der Waals surface area contributed by atoms with E-state index in [-0.39, 0.29) is 17.9 Å². The van der Waals surface area contributed by atoms with E-state index in [2.05, 4.69) is 19.2 Å². The summed E-state index contributed by atoms with van der Waals surface area (Å²) in [5, 5.41) is 3.06. The van der Waals surface area contributed by atoms with Crippen molar-refractivity contribution in [2.24, 2.45) is 0 Å². The number of carbonyl (C=O) groups is 2. The summed E-state index contributed by atoms with van der Waals surface area (Å²) in [4.78, 5) is 26.0. The number of nitrogens with one attached hydrogen (secondary N) is 1. The molecule has 1 atom stereocenters. The van der Waals surface area contributed by atoms with E-state index in [1.165, 1.54) is 0 Å². The molecule has 138 valence electrons. The lowest BCUT2D eigenvalue weighted by Gasteiger charge is -2.32. The third-order valence-electron chi connectivity index (χ3n) is 4.71. The first kappa shape index (κ1) is 19.3. The number of hydrogen-bond acceptors (Lipinski definition) is 3. The van der Waals surface area contributed by atoms with Crippen molar-refractivity contribution in [2.45, 2.75) is 65.0 Å². The van der Waals surface area contributed by atoms with Crippen LogP contribution in [0.3, 0.4) is 0 Å². The summed E-state index contributed by atoms with van der Waals surface area (Å²) >= 11 is 0. The molecule has 0 bridgehead atoms. The highest BCUT2D eigenvalue weighted by atomic mass is 16.5. The van der Waals surface area contributed by atoms with Crippen LogP contribution in [0.5, 0.6) is 5.75 Å². The molecule has 1 aliphatic heterocycles. The van der Waals surface area contributed by atoms with E-state index in [1.807, 2.05) is 36.1 Å². The molecule has 2 amide bonds. The number of carbonyl (C=O) groups excluding carboxylic acids is 2. The van der Waals surface area contributed by atoms with Gasteiger partial charge in [0.1, 0.15) is 5.75 Å². The Hall–Kier alpha value is -2.04. The Morgan fingerprint density at radius 3 is 2.44 bits per heavy atom. The molecular weight excluding hydrogens is 316 g/mol. The third-order valence-corrected chi connectivity index (χ3v) is 4.71. The fourth-order valence-electron chi connectivity index (χ4n) is 3.12. The van der Waals surface area contributed by atoms with E-state index in [0.717, 1.165) is 24.2 Å². The summed E-state index contributed by atoms with van der Waals surface area (Å²) in [6.07, 6.45) is 1.59. The maximum Gasteiger partial charge on any atom is 0.260 e. The number of likely N-dealkylation sites (tertiary alicyclic amines) is 1. The summed E-state index contributed by atoms with van der Waals surface area (Å²) in [6, 6.07) is 7.96. The van der Waals surface area contributed by atoms with Crippen LogP contribution >= 0.6 is 0 Å². The number of amides is 2. The van der Waals surface area contributed by atoms with Crippen molar-refractivity contribution in [1.82, 2.24) is 10.2 Å². The molecule has 0 aliphatic carbocycles. The van der Waals surface area contributed by atoms with Gasteiger partial charge in [-0.15, -0.1) is 0 Å². The average molecular weight is 346 g/mol. The quantitative estimate of drug-likeness (QED) is 0.861. The standard InChI is InChI=1S/C20H30N2O3/c1-5-19(23)22-12-10-16(11-13-22)21-20(24)15(4)25-18-9-7-6-8-17(18)14(2)3/h6-9,14-16H,5,10-13H2,1-4H3,(H,21,24). The minimum absolute atomic E-state index is 0.0983. The molecule has 25 heavy (non-hydrogen) atoms. The molecule has 0 radical (unpaired) electrons. The minimum atomic E-state index is -0.546. The molecule has 1 unspecified atom stereocenters. The highest BCUT2D eigenvalue weighted by Crippen LogP contribution is 2.26. The van der Waals surface area contributed by atoms with Crippen LogP contribution in [0.1, 0.15) is 58.4 Å². The van der Waals surface area contributed by atoms with Crippen molar-refractivity contribution in [3.05, 3.63) is 29.8 Å². The summed E-state index contributed by atoms with van der Waals surface area (Å²) in [6.45, 7) is 9.30. The lowest BCUT2D eigenvalue weighted by atomic mass is 10.0. The molecule has 1 N–H and O–H groups in total. The summed E-state index contributed by atoms with van der Waals surface area (Å²) in [5.74, 6) is 1.20. The Bertz CT molecular complexity index is 592. The smallest absolute Gasteiger partial charge is 0.260 e. The van der Waals surface area contributed by atoms with E-state index in [0.29, 0.717) is 25.4 Å². The average Bonchev–Trinajstić information content (AvgIpc) is 2.61. The van der Waals surface area contributed by atoms with Gasteiger partial charge in [-0.1, -0.05) is 39.0 Å². The molecule has 1 fully saturated rings. The Kier molecular flexibility index (Phi) is 6.85. The van der Waals surface area contributed by atoms with Gasteiger partial charge in [-0.05, 0) is 37.3 Å². The van der Waals surface area contributed by atoms with Crippen molar-refractivity contribution in [2.75, 3.05) is 13.1 Å². The second kappa shape index (κ2) is 8.88. The SMILES string of the molecule is CCC(=O)N1CCC(NC(=O)C(C)Oc2ccccc2C(C)C)CC1. The number of hydrogen-bond donors (Lipinski definition) is 1. The van der Waals surface area contributed by atoms with Crippen molar-refractivity contribution >= 4 is 11.8 Å². The fourth-order valence-corrected chi connectivity index (χ4v) is 3.12. The van der Waals surface area contributed by atoms with Gasteiger partial charge in [-0.3, -0.25) is 9.59 Å². The van der Waals surface area contributed by atoms with E-state index in [1.54, 1.807) is 6.92 Å². The summed E-state index contributed by atoms with van der Waals surface area (Å²) < 4.78 is 5.91. The van der Waals surface area contributed by atoms with Crippen LogP contribution in [0.2, 0.25) is 0 Å². The molecule has 1 heterocycles. The van der Waals surface area contributed by atoms with Crippen LogP contribution in [0.15, 0.2) is 24.3 Å². The topological polar surface area (TPSA) is 58.6 Å². The number of nitrogens with zero attached hydrogens (tertiary/aromatic N) is 1. The minimum Gasteiger partial charge on any atom is -0.481 e. The third kappa shape index (κ3) is 5.21. The first-order valence-electron chi connectivity index (χ1n) is 9.26. The molecule has 1 aromatic rings. The van der Waals surface area contributed by atoms with Gasteiger partial charge in [0.25, 0.3) is 5.91 Å². The maximum atomic E-state index is 12.5. The second-order valence-corrected chi connectivity index (χ2v) is 6.97. The molecule has 1 aliphatic rings. The lowest BCUT2D eigenvalue weighted by Crippen LogP contribution is -2.49. The predicted molar refractivity (Wildman–Crippen MR) is 98.7 cm³/mol. The van der Waals surface area contributed by atoms with Crippen molar-refractivity contribution in [3.63, 3.8) is 0 Å². The van der Waals surface area contributed by atoms with Crippen molar-refractivity contribution < 1.29 is 14.3 Å². The van der Waals surface area contributed by atoms with E-state index >= 15 is 0 Å². The largest absolute Gasteiger partial charge is 0.481 e. The Labute approximate surface area is 150 Å². The van der Waals surface area contributed by atoms with Crippen LogP contribution in [0, 0.1) is 0 Å². The zero-order chi connectivity index (χ0) is 18.4. The molecule has 5 heteroatoms. The van der Waals surface area contributed by atoms with Crippen LogP contribution in [-0.4, -0.2) is 41.9 Å². The zero-order valence-electron chi connectivity index (χ0n) is 15.7. The van der Waals surface area contributed by atoms with Crippen LogP contribution in [0.25, 0.3) is 0 Å². The molecule has 1 aromatic carbocycles. The van der Waals surface area contributed by atoms with Gasteiger partial charge in [-0.25, -0.2) is 0 Å². The predicted octanol–water partition coefficient (Wildman–Crippen LogP) is 3.09. The Morgan fingerprint density at radius 1 is 1.20 bits per heavy atom. The van der Waals surface area contributed by atoms with Gasteiger partial charge in [-0.2, -0.15) is 0 Å². The van der Waals surface area contributed by atoms with E-state index in [9.17, 15) is 9.59 Å². The highest BCUT2D eigenvalue weighted by Gasteiger charge is 2.25. The first-order valence-corrected chi connectivity index (χ1v) is 9.26. The molecule has 1 saturated heterocycles. The maximum absolute atomic E-state index is 12.5. The van der Waals surface area contributed by atoms with Crippen LogP contribution in [-0.2, 0) is 9.59 Å². The summed E-state index contributed by atoms with van der Waals surface area (Å²) in [5.41, 5.74) is 1.11. The molecule has 0 saturated carbocycles. The number of rotatable bonds is 6. The van der Waals surface area contributed by atoms with Gasteiger partial charge < -0.3 is 15.0 Å². The van der Waals surface area contributed by atoms with Crippen LogP contribution < -0.4 is 10.1 Å². The number of piperidine rings is 1. The zero-order valence-corrected chi connectivity index (χ0v) is 15.7. The molecule has 0 aromatic heterocycles. The monoisotopic (exact) mass is 346 g/mol. The van der Waals surface area contributed by atoms with Crippen molar-refractivity contribution in [3.8, 4) is 5.75 Å². The molecular formula is C20H30N2O3. The normalized spacial score (nSPS) is 16.6. The lowest BCUT2D eigenvalue weighted by molar-refractivity contribution is -0.132. The van der Waals surface area contributed by atoms with Gasteiger partial charge in [0.15, 0.2) is 6.10 Å². The molecule has 0 spiro atoms. The Morgan fingerprint density at radius 2 is 1.84 bits per heavy atom. The summed E-state index contributed by atoms with van der Waals surface area (Å²) in [7, 11) is 0.